The van der Waals surface area contributed by atoms with Gasteiger partial charge in [-0.15, -0.1) is 10.2 Å². The number of nitrogens with zero attached hydrogens (tertiary/aromatic N) is 6. The highest BCUT2D eigenvalue weighted by atomic mass is 35.5. The van der Waals surface area contributed by atoms with Crippen molar-refractivity contribution in [3.8, 4) is 16.9 Å². The van der Waals surface area contributed by atoms with Crippen LogP contribution in [0.25, 0.3) is 38.8 Å². The molecule has 0 saturated carbocycles. The molecule has 0 fully saturated rings. The van der Waals surface area contributed by atoms with Crippen LogP contribution in [0.3, 0.4) is 0 Å². The third kappa shape index (κ3) is 3.52. The molecule has 6 aromatic rings. The highest BCUT2D eigenvalue weighted by Crippen LogP contribution is 2.29. The number of methoxy groups -OCH3 is 1. The summed E-state index contributed by atoms with van der Waals surface area (Å²) < 4.78 is 8.48. The predicted molar refractivity (Wildman–Crippen MR) is 134 cm³/mol. The molecule has 0 aliphatic rings. The van der Waals surface area contributed by atoms with E-state index in [2.05, 4.69) is 25.3 Å². The van der Waals surface area contributed by atoms with Gasteiger partial charge in [-0.1, -0.05) is 23.7 Å². The van der Waals surface area contributed by atoms with Crippen LogP contribution in [0, 0.1) is 6.92 Å². The molecule has 1 N–H and O–H groups in total. The summed E-state index contributed by atoms with van der Waals surface area (Å²) in [6.45, 7) is 2.34. The summed E-state index contributed by atoms with van der Waals surface area (Å²) in [5, 5.41) is 14.9. The van der Waals surface area contributed by atoms with Gasteiger partial charge in [-0.25, -0.2) is 4.98 Å². The van der Waals surface area contributed by atoms with E-state index >= 15 is 0 Å². The second kappa shape index (κ2) is 8.21. The quantitative estimate of drug-likeness (QED) is 0.392. The van der Waals surface area contributed by atoms with Crippen molar-refractivity contribution in [1.82, 2.24) is 34.3 Å². The zero-order valence-electron chi connectivity index (χ0n) is 19.0. The molecular weight excluding hydrogens is 466 g/mol. The van der Waals surface area contributed by atoms with Gasteiger partial charge in [0.2, 0.25) is 0 Å². The first-order valence-electron chi connectivity index (χ1n) is 11.0. The minimum atomic E-state index is -0.261. The summed E-state index contributed by atoms with van der Waals surface area (Å²) in [5.74, 6) is 0.787. The van der Waals surface area contributed by atoms with E-state index in [1.165, 1.54) is 0 Å². The number of rotatable bonds is 5. The van der Waals surface area contributed by atoms with Gasteiger partial charge in [-0.3, -0.25) is 9.36 Å². The lowest BCUT2D eigenvalue weighted by molar-refractivity contribution is 0.415. The van der Waals surface area contributed by atoms with Crippen LogP contribution in [0.2, 0.25) is 5.02 Å². The van der Waals surface area contributed by atoms with E-state index in [0.717, 1.165) is 39.0 Å². The summed E-state index contributed by atoms with van der Waals surface area (Å²) >= 11 is 6.04. The lowest BCUT2D eigenvalue weighted by Crippen LogP contribution is -2.23. The number of aryl methyl sites for hydroxylation is 3. The number of H-pyrrole nitrogens is 1. The largest absolute Gasteiger partial charge is 0.497 e. The van der Waals surface area contributed by atoms with E-state index in [0.29, 0.717) is 29.3 Å². The van der Waals surface area contributed by atoms with Gasteiger partial charge in [0.15, 0.2) is 16.8 Å². The minimum absolute atomic E-state index is 0.172. The maximum Gasteiger partial charge on any atom is 0.283 e. The third-order valence-corrected chi connectivity index (χ3v) is 6.46. The van der Waals surface area contributed by atoms with Crippen molar-refractivity contribution < 1.29 is 4.74 Å². The lowest BCUT2D eigenvalue weighted by atomic mass is 10.1. The first-order valence-corrected chi connectivity index (χ1v) is 11.4. The number of nitrogens with one attached hydrogen (secondary N) is 1. The smallest absolute Gasteiger partial charge is 0.283 e. The van der Waals surface area contributed by atoms with Crippen molar-refractivity contribution in [3.05, 3.63) is 81.6 Å². The molecule has 0 aliphatic heterocycles. The topological polar surface area (TPSA) is 103 Å². The molecular formula is C25H20ClN7O2. The Morgan fingerprint density at radius 2 is 1.91 bits per heavy atom. The lowest BCUT2D eigenvalue weighted by Gasteiger charge is -2.07. The molecule has 4 heterocycles. The van der Waals surface area contributed by atoms with E-state index in [-0.39, 0.29) is 11.1 Å². The number of hydrogen-bond acceptors (Lipinski definition) is 6. The van der Waals surface area contributed by atoms with Gasteiger partial charge in [0, 0.05) is 28.7 Å². The fourth-order valence-electron chi connectivity index (χ4n) is 4.41. The van der Waals surface area contributed by atoms with Crippen LogP contribution in [-0.2, 0) is 13.0 Å². The second-order valence-electron chi connectivity index (χ2n) is 8.29. The summed E-state index contributed by atoms with van der Waals surface area (Å²) in [4.78, 5) is 21.0. The van der Waals surface area contributed by atoms with Gasteiger partial charge < -0.3 is 9.72 Å². The minimum Gasteiger partial charge on any atom is -0.497 e. The van der Waals surface area contributed by atoms with Gasteiger partial charge >= 0.3 is 0 Å². The first kappa shape index (κ1) is 21.3. The SMILES string of the molecule is COc1ccc2[nH]cc(CCn3cnc4c(nnc5c(-c6ccc(Cl)cc6)c(C)nn54)c3=O)c2c1. The molecule has 6 rings (SSSR count). The van der Waals surface area contributed by atoms with Crippen LogP contribution in [0.15, 0.2) is 59.8 Å². The molecule has 2 aromatic carbocycles. The molecule has 35 heavy (non-hydrogen) atoms. The highest BCUT2D eigenvalue weighted by Gasteiger charge is 2.18. The average molecular weight is 486 g/mol. The molecule has 0 aliphatic carbocycles. The normalized spacial score (nSPS) is 11.6. The Labute approximate surface area is 204 Å². The number of hydrogen-bond donors (Lipinski definition) is 1. The molecule has 0 radical (unpaired) electrons. The third-order valence-electron chi connectivity index (χ3n) is 6.21. The van der Waals surface area contributed by atoms with Crippen molar-refractivity contribution in [1.29, 1.82) is 0 Å². The van der Waals surface area contributed by atoms with Crippen LogP contribution >= 0.6 is 11.6 Å². The average Bonchev–Trinajstić information content (AvgIpc) is 3.43. The summed E-state index contributed by atoms with van der Waals surface area (Å²) in [6, 6.07) is 13.3. The van der Waals surface area contributed by atoms with Gasteiger partial charge in [-0.2, -0.15) is 9.61 Å². The molecule has 10 heteroatoms. The van der Waals surface area contributed by atoms with Crippen LogP contribution in [0.4, 0.5) is 0 Å². The molecule has 0 saturated heterocycles. The van der Waals surface area contributed by atoms with Crippen molar-refractivity contribution in [2.45, 2.75) is 19.9 Å². The maximum atomic E-state index is 13.2. The molecule has 0 spiro atoms. The van der Waals surface area contributed by atoms with E-state index in [9.17, 15) is 4.79 Å². The Bertz CT molecular complexity index is 1780. The Morgan fingerprint density at radius 3 is 2.71 bits per heavy atom. The van der Waals surface area contributed by atoms with Gasteiger partial charge in [0.25, 0.3) is 5.56 Å². The molecule has 0 unspecified atom stereocenters. The van der Waals surface area contributed by atoms with Crippen molar-refractivity contribution in [2.75, 3.05) is 7.11 Å². The van der Waals surface area contributed by atoms with E-state index in [1.54, 1.807) is 22.5 Å². The summed E-state index contributed by atoms with van der Waals surface area (Å²) in [6.07, 6.45) is 4.13. The molecule has 0 atom stereocenters. The van der Waals surface area contributed by atoms with Crippen molar-refractivity contribution in [3.63, 3.8) is 0 Å². The van der Waals surface area contributed by atoms with Crippen molar-refractivity contribution in [2.24, 2.45) is 0 Å². The molecule has 0 bridgehead atoms. The standard InChI is InChI=1S/C25H20ClN7O2/c1-14-21(15-3-5-17(26)6-4-15)23-30-29-22-24(33(23)31-14)28-13-32(25(22)34)10-9-16-12-27-20-8-7-18(35-2)11-19(16)20/h3-8,11-13,27H,9-10H2,1-2H3. The molecule has 174 valence electrons. The number of halogens is 1. The zero-order chi connectivity index (χ0) is 24.1. The Hall–Kier alpha value is -4.24. The summed E-state index contributed by atoms with van der Waals surface area (Å²) in [7, 11) is 1.64. The van der Waals surface area contributed by atoms with Gasteiger partial charge in [0.05, 0.1) is 18.4 Å². The van der Waals surface area contributed by atoms with Crippen LogP contribution in [0.1, 0.15) is 11.3 Å². The predicted octanol–water partition coefficient (Wildman–Crippen LogP) is 4.20. The fraction of sp³-hybridized carbons (Fsp3) is 0.160. The van der Waals surface area contributed by atoms with E-state index in [4.69, 9.17) is 16.3 Å². The molecule has 4 aromatic heterocycles. The number of aromatic amines is 1. The summed E-state index contributed by atoms with van der Waals surface area (Å²) in [5.41, 5.74) is 5.43. The van der Waals surface area contributed by atoms with E-state index < -0.39 is 0 Å². The van der Waals surface area contributed by atoms with Crippen molar-refractivity contribution >= 4 is 39.3 Å². The molecule has 9 nitrogen and oxygen atoms in total. The monoisotopic (exact) mass is 485 g/mol. The van der Waals surface area contributed by atoms with Crippen LogP contribution < -0.4 is 10.3 Å². The van der Waals surface area contributed by atoms with Crippen LogP contribution in [-0.4, -0.2) is 41.5 Å². The Morgan fingerprint density at radius 1 is 1.09 bits per heavy atom. The Balaban J connectivity index is 1.38. The van der Waals surface area contributed by atoms with Gasteiger partial charge in [0.1, 0.15) is 12.1 Å². The highest BCUT2D eigenvalue weighted by molar-refractivity contribution is 6.30. The van der Waals surface area contributed by atoms with Gasteiger partial charge in [-0.05, 0) is 54.8 Å². The molecule has 0 amide bonds. The van der Waals surface area contributed by atoms with Crippen LogP contribution in [0.5, 0.6) is 5.75 Å². The fourth-order valence-corrected chi connectivity index (χ4v) is 4.54. The second-order valence-corrected chi connectivity index (χ2v) is 8.73. The number of fused-ring (bicyclic) bond motifs is 4. The number of aromatic nitrogens is 7. The number of benzene rings is 2. The van der Waals surface area contributed by atoms with E-state index in [1.807, 2.05) is 55.6 Å². The first-order chi connectivity index (χ1) is 17.0. The Kier molecular flexibility index (Phi) is 5.00. The maximum absolute atomic E-state index is 13.2. The number of ether oxygens (including phenoxy) is 1. The zero-order valence-corrected chi connectivity index (χ0v) is 19.7.